The second-order valence-electron chi connectivity index (χ2n) is 4.79. The van der Waals surface area contributed by atoms with Crippen molar-refractivity contribution in [1.29, 1.82) is 0 Å². The van der Waals surface area contributed by atoms with Gasteiger partial charge in [-0.25, -0.2) is 4.79 Å². The number of amides is 2. The van der Waals surface area contributed by atoms with Gasteiger partial charge in [-0.15, -0.1) is 0 Å². The number of hydrogen-bond acceptors (Lipinski definition) is 3. The fourth-order valence-corrected chi connectivity index (χ4v) is 1.99. The summed E-state index contributed by atoms with van der Waals surface area (Å²) in [6.45, 7) is 1.95. The number of benzene rings is 1. The summed E-state index contributed by atoms with van der Waals surface area (Å²) in [5.41, 5.74) is 0.678. The fraction of sp³-hybridized carbons (Fsp3) is 0.467. The second kappa shape index (κ2) is 8.14. The van der Waals surface area contributed by atoms with Crippen molar-refractivity contribution in [2.75, 3.05) is 19.1 Å². The number of nitrogens with zero attached hydrogens (tertiary/aromatic N) is 1. The minimum absolute atomic E-state index is 0.0778. The maximum atomic E-state index is 12.2. The van der Waals surface area contributed by atoms with Crippen molar-refractivity contribution < 1.29 is 19.4 Å². The summed E-state index contributed by atoms with van der Waals surface area (Å²) in [4.78, 5) is 24.4. The highest BCUT2D eigenvalue weighted by Crippen LogP contribution is 2.20. The maximum absolute atomic E-state index is 12.2. The standard InChI is InChI=1S/C15H22N2O4/c1-4-6-11(9-14(18)19)16-15(20)17(2)12-7-5-8-13(10-12)21-3/h5,7-8,10-11H,4,6,9H2,1-3H3,(H,16,20)(H,18,19). The summed E-state index contributed by atoms with van der Waals surface area (Å²) < 4.78 is 5.12. The van der Waals surface area contributed by atoms with E-state index in [0.717, 1.165) is 6.42 Å². The minimum Gasteiger partial charge on any atom is -0.497 e. The SMILES string of the molecule is CCCC(CC(=O)O)NC(=O)N(C)c1cccc(OC)c1. The van der Waals surface area contributed by atoms with Crippen LogP contribution >= 0.6 is 0 Å². The molecule has 0 heterocycles. The molecule has 1 aromatic carbocycles. The molecule has 0 fully saturated rings. The molecule has 1 unspecified atom stereocenters. The van der Waals surface area contributed by atoms with Crippen LogP contribution in [0.4, 0.5) is 10.5 Å². The summed E-state index contributed by atoms with van der Waals surface area (Å²) in [6, 6.07) is 6.41. The van der Waals surface area contributed by atoms with Gasteiger partial charge in [0.05, 0.1) is 13.5 Å². The van der Waals surface area contributed by atoms with Gasteiger partial charge in [0.25, 0.3) is 0 Å². The van der Waals surface area contributed by atoms with Crippen LogP contribution in [0.3, 0.4) is 0 Å². The average molecular weight is 294 g/mol. The van der Waals surface area contributed by atoms with Crippen LogP contribution in [0.15, 0.2) is 24.3 Å². The van der Waals surface area contributed by atoms with E-state index in [2.05, 4.69) is 5.32 Å². The first kappa shape index (κ1) is 16.8. The third-order valence-corrected chi connectivity index (χ3v) is 3.13. The zero-order valence-electron chi connectivity index (χ0n) is 12.6. The van der Waals surface area contributed by atoms with E-state index in [0.29, 0.717) is 17.9 Å². The molecule has 0 spiro atoms. The quantitative estimate of drug-likeness (QED) is 0.809. The van der Waals surface area contributed by atoms with Crippen molar-refractivity contribution in [1.82, 2.24) is 5.32 Å². The number of ether oxygens (including phenoxy) is 1. The number of hydrogen-bond donors (Lipinski definition) is 2. The van der Waals surface area contributed by atoms with E-state index in [1.807, 2.05) is 6.92 Å². The van der Waals surface area contributed by atoms with Crippen LogP contribution in [0.2, 0.25) is 0 Å². The first-order valence-corrected chi connectivity index (χ1v) is 6.88. The number of urea groups is 1. The smallest absolute Gasteiger partial charge is 0.321 e. The molecule has 0 aromatic heterocycles. The van der Waals surface area contributed by atoms with Gasteiger partial charge in [0.1, 0.15) is 5.75 Å². The lowest BCUT2D eigenvalue weighted by atomic mass is 10.1. The van der Waals surface area contributed by atoms with Gasteiger partial charge in [0, 0.05) is 24.8 Å². The molecular formula is C15H22N2O4. The summed E-state index contributed by atoms with van der Waals surface area (Å²) in [5.74, 6) is -0.263. The van der Waals surface area contributed by atoms with Crippen molar-refractivity contribution >= 4 is 17.7 Å². The number of aliphatic carboxylic acids is 1. The average Bonchev–Trinajstić information content (AvgIpc) is 2.46. The Kier molecular flexibility index (Phi) is 6.52. The third kappa shape index (κ3) is 5.33. The predicted molar refractivity (Wildman–Crippen MR) is 80.9 cm³/mol. The molecule has 2 amide bonds. The van der Waals surface area contributed by atoms with E-state index in [1.165, 1.54) is 4.90 Å². The van der Waals surface area contributed by atoms with Crippen LogP contribution in [-0.2, 0) is 4.79 Å². The van der Waals surface area contributed by atoms with Crippen LogP contribution in [0, 0.1) is 0 Å². The molecule has 1 aromatic rings. The molecule has 0 saturated carbocycles. The van der Waals surface area contributed by atoms with Crippen LogP contribution < -0.4 is 15.0 Å². The molecule has 1 rings (SSSR count). The molecule has 0 bridgehead atoms. The summed E-state index contributed by atoms with van der Waals surface area (Å²) >= 11 is 0. The molecule has 0 saturated heterocycles. The van der Waals surface area contributed by atoms with Crippen molar-refractivity contribution in [2.24, 2.45) is 0 Å². The largest absolute Gasteiger partial charge is 0.497 e. The number of carbonyl (C=O) groups is 2. The summed E-state index contributed by atoms with van der Waals surface area (Å²) in [5, 5.41) is 11.6. The molecule has 2 N–H and O–H groups in total. The van der Waals surface area contributed by atoms with Gasteiger partial charge in [-0.1, -0.05) is 19.4 Å². The van der Waals surface area contributed by atoms with Gasteiger partial charge >= 0.3 is 12.0 Å². The Balaban J connectivity index is 2.73. The molecule has 6 heteroatoms. The van der Waals surface area contributed by atoms with E-state index in [-0.39, 0.29) is 18.5 Å². The normalized spacial score (nSPS) is 11.6. The Hall–Kier alpha value is -2.24. The lowest BCUT2D eigenvalue weighted by molar-refractivity contribution is -0.137. The van der Waals surface area contributed by atoms with E-state index >= 15 is 0 Å². The Morgan fingerprint density at radius 1 is 1.43 bits per heavy atom. The van der Waals surface area contributed by atoms with E-state index in [4.69, 9.17) is 9.84 Å². The Bertz CT molecular complexity index is 490. The first-order chi connectivity index (χ1) is 9.97. The number of rotatable bonds is 7. The highest BCUT2D eigenvalue weighted by atomic mass is 16.5. The van der Waals surface area contributed by atoms with Gasteiger partial charge in [-0.3, -0.25) is 9.69 Å². The van der Waals surface area contributed by atoms with Gasteiger partial charge < -0.3 is 15.2 Å². The zero-order chi connectivity index (χ0) is 15.8. The molecule has 1 atom stereocenters. The van der Waals surface area contributed by atoms with Crippen LogP contribution in [0.25, 0.3) is 0 Å². The van der Waals surface area contributed by atoms with E-state index in [9.17, 15) is 9.59 Å². The highest BCUT2D eigenvalue weighted by Gasteiger charge is 2.18. The van der Waals surface area contributed by atoms with Gasteiger partial charge in [0.2, 0.25) is 0 Å². The predicted octanol–water partition coefficient (Wildman–Crippen LogP) is 2.48. The molecule has 0 aliphatic carbocycles. The maximum Gasteiger partial charge on any atom is 0.321 e. The third-order valence-electron chi connectivity index (χ3n) is 3.13. The summed E-state index contributed by atoms with van der Waals surface area (Å²) in [6.07, 6.45) is 1.36. The Morgan fingerprint density at radius 3 is 2.71 bits per heavy atom. The van der Waals surface area contributed by atoms with Crippen molar-refractivity contribution in [3.05, 3.63) is 24.3 Å². The number of carbonyl (C=O) groups excluding carboxylic acids is 1. The van der Waals surface area contributed by atoms with Crippen molar-refractivity contribution in [2.45, 2.75) is 32.2 Å². The van der Waals surface area contributed by atoms with E-state index in [1.54, 1.807) is 38.4 Å². The minimum atomic E-state index is -0.919. The molecule has 21 heavy (non-hydrogen) atoms. The fourth-order valence-electron chi connectivity index (χ4n) is 1.99. The van der Waals surface area contributed by atoms with Gasteiger partial charge in [-0.2, -0.15) is 0 Å². The Labute approximate surface area is 124 Å². The van der Waals surface area contributed by atoms with Crippen molar-refractivity contribution in [3.63, 3.8) is 0 Å². The first-order valence-electron chi connectivity index (χ1n) is 6.88. The van der Waals surface area contributed by atoms with E-state index < -0.39 is 5.97 Å². The highest BCUT2D eigenvalue weighted by molar-refractivity contribution is 5.92. The molecular weight excluding hydrogens is 272 g/mol. The van der Waals surface area contributed by atoms with Crippen LogP contribution in [0.1, 0.15) is 26.2 Å². The molecule has 0 aliphatic heterocycles. The lowest BCUT2D eigenvalue weighted by Crippen LogP contribution is -2.44. The zero-order valence-corrected chi connectivity index (χ0v) is 12.6. The molecule has 0 radical (unpaired) electrons. The van der Waals surface area contributed by atoms with Gasteiger partial charge in [0.15, 0.2) is 0 Å². The van der Waals surface area contributed by atoms with Crippen molar-refractivity contribution in [3.8, 4) is 5.75 Å². The Morgan fingerprint density at radius 2 is 2.14 bits per heavy atom. The number of carboxylic acids is 1. The van der Waals surface area contributed by atoms with Gasteiger partial charge in [-0.05, 0) is 18.6 Å². The lowest BCUT2D eigenvalue weighted by Gasteiger charge is -2.23. The van der Waals surface area contributed by atoms with Crippen LogP contribution in [0.5, 0.6) is 5.75 Å². The number of nitrogens with one attached hydrogen (secondary N) is 1. The van der Waals surface area contributed by atoms with Crippen LogP contribution in [-0.4, -0.2) is 37.3 Å². The monoisotopic (exact) mass is 294 g/mol. The molecule has 6 nitrogen and oxygen atoms in total. The number of methoxy groups -OCH3 is 1. The topological polar surface area (TPSA) is 78.9 Å². The molecule has 0 aliphatic rings. The second-order valence-corrected chi connectivity index (χ2v) is 4.79. The number of anilines is 1. The number of carboxylic acid groups (broad SMARTS) is 1. The summed E-state index contributed by atoms with van der Waals surface area (Å²) in [7, 11) is 3.19. The molecule has 116 valence electrons.